The first-order valence-corrected chi connectivity index (χ1v) is 6.57. The lowest BCUT2D eigenvalue weighted by atomic mass is 10.0. The molecule has 0 aliphatic carbocycles. The number of halogens is 1. The molecule has 108 valence electrons. The normalized spacial score (nSPS) is 13.4. The van der Waals surface area contributed by atoms with Gasteiger partial charge in [-0.1, -0.05) is 11.6 Å². The average molecular weight is 297 g/mol. The van der Waals surface area contributed by atoms with Crippen LogP contribution in [-0.2, 0) is 10.3 Å². The number of benzene rings is 1. The molecule has 0 unspecified atom stereocenters. The van der Waals surface area contributed by atoms with Crippen LogP contribution in [0.25, 0.3) is 11.0 Å². The standard InChI is InChI=1S/C13H17ClN4O2/c1-13(2,18-11(20)10(19)6-15)12-16-8-4-3-7(14)5-9(8)17-12/h3-5,10,19H,6,15H2,1-2H3,(H,16,17)(H,18,20)/t10-/m0/s1. The Balaban J connectivity index is 2.29. The molecule has 0 bridgehead atoms. The largest absolute Gasteiger partial charge is 0.382 e. The van der Waals surface area contributed by atoms with Crippen LogP contribution in [-0.4, -0.2) is 33.6 Å². The summed E-state index contributed by atoms with van der Waals surface area (Å²) < 4.78 is 0. The summed E-state index contributed by atoms with van der Waals surface area (Å²) in [5.41, 5.74) is 6.04. The molecule has 0 fully saturated rings. The number of carbonyl (C=O) groups excluding carboxylic acids is 1. The van der Waals surface area contributed by atoms with Crippen molar-refractivity contribution in [1.29, 1.82) is 0 Å². The van der Waals surface area contributed by atoms with E-state index in [1.165, 1.54) is 0 Å². The van der Waals surface area contributed by atoms with E-state index in [0.717, 1.165) is 11.0 Å². The van der Waals surface area contributed by atoms with Crippen LogP contribution >= 0.6 is 11.6 Å². The monoisotopic (exact) mass is 296 g/mol. The first kappa shape index (κ1) is 14.8. The number of carbonyl (C=O) groups is 1. The number of H-pyrrole nitrogens is 1. The molecule has 1 atom stereocenters. The fraction of sp³-hybridized carbons (Fsp3) is 0.385. The van der Waals surface area contributed by atoms with Crippen LogP contribution in [0.3, 0.4) is 0 Å². The number of imidazole rings is 1. The van der Waals surface area contributed by atoms with E-state index >= 15 is 0 Å². The molecule has 5 N–H and O–H groups in total. The van der Waals surface area contributed by atoms with Crippen LogP contribution in [0.5, 0.6) is 0 Å². The van der Waals surface area contributed by atoms with Crippen molar-refractivity contribution in [3.63, 3.8) is 0 Å². The maximum absolute atomic E-state index is 11.7. The van der Waals surface area contributed by atoms with Gasteiger partial charge < -0.3 is 21.1 Å². The molecule has 0 saturated heterocycles. The summed E-state index contributed by atoms with van der Waals surface area (Å²) in [5, 5.41) is 12.7. The fourth-order valence-electron chi connectivity index (χ4n) is 1.84. The number of hydrogen-bond donors (Lipinski definition) is 4. The van der Waals surface area contributed by atoms with Crippen molar-refractivity contribution in [3.8, 4) is 0 Å². The molecule has 0 saturated carbocycles. The quantitative estimate of drug-likeness (QED) is 0.672. The van der Waals surface area contributed by atoms with E-state index in [9.17, 15) is 9.90 Å². The van der Waals surface area contributed by atoms with E-state index < -0.39 is 17.6 Å². The van der Waals surface area contributed by atoms with Gasteiger partial charge in [-0.15, -0.1) is 0 Å². The third-order valence-corrected chi connectivity index (χ3v) is 3.23. The van der Waals surface area contributed by atoms with Crippen molar-refractivity contribution in [2.45, 2.75) is 25.5 Å². The third kappa shape index (κ3) is 2.92. The maximum Gasteiger partial charge on any atom is 0.250 e. The second kappa shape index (κ2) is 5.40. The Kier molecular flexibility index (Phi) is 3.99. The Morgan fingerprint density at radius 3 is 2.95 bits per heavy atom. The van der Waals surface area contributed by atoms with E-state index in [-0.39, 0.29) is 6.54 Å². The van der Waals surface area contributed by atoms with Crippen molar-refractivity contribution in [2.24, 2.45) is 5.73 Å². The van der Waals surface area contributed by atoms with Gasteiger partial charge in [0.05, 0.1) is 16.6 Å². The number of aromatic amines is 1. The zero-order chi connectivity index (χ0) is 14.9. The summed E-state index contributed by atoms with van der Waals surface area (Å²) in [6.07, 6.45) is -1.23. The van der Waals surface area contributed by atoms with Gasteiger partial charge in [-0.25, -0.2) is 4.98 Å². The summed E-state index contributed by atoms with van der Waals surface area (Å²) in [7, 11) is 0. The molecule has 7 heteroatoms. The van der Waals surface area contributed by atoms with Gasteiger partial charge in [0.15, 0.2) is 0 Å². The van der Waals surface area contributed by atoms with Crippen molar-refractivity contribution >= 4 is 28.5 Å². The molecule has 2 aromatic rings. The minimum Gasteiger partial charge on any atom is -0.382 e. The predicted molar refractivity (Wildman–Crippen MR) is 77.3 cm³/mol. The SMILES string of the molecule is CC(C)(NC(=O)[C@@H](O)CN)c1nc2ccc(Cl)cc2[nH]1. The van der Waals surface area contributed by atoms with Crippen molar-refractivity contribution in [3.05, 3.63) is 29.0 Å². The van der Waals surface area contributed by atoms with E-state index in [1.54, 1.807) is 32.0 Å². The topological polar surface area (TPSA) is 104 Å². The zero-order valence-electron chi connectivity index (χ0n) is 11.3. The van der Waals surface area contributed by atoms with Crippen molar-refractivity contribution < 1.29 is 9.90 Å². The lowest BCUT2D eigenvalue weighted by Crippen LogP contribution is -2.48. The molecule has 1 heterocycles. The Labute approximate surface area is 121 Å². The van der Waals surface area contributed by atoms with Gasteiger partial charge in [0.1, 0.15) is 11.9 Å². The molecule has 0 spiro atoms. The lowest BCUT2D eigenvalue weighted by molar-refractivity contribution is -0.130. The minimum absolute atomic E-state index is 0.127. The first-order valence-electron chi connectivity index (χ1n) is 6.19. The number of amides is 1. The molecule has 2 rings (SSSR count). The van der Waals surface area contributed by atoms with Gasteiger partial charge >= 0.3 is 0 Å². The second-order valence-corrected chi connectivity index (χ2v) is 5.55. The Morgan fingerprint density at radius 1 is 1.60 bits per heavy atom. The summed E-state index contributed by atoms with van der Waals surface area (Å²) >= 11 is 5.92. The van der Waals surface area contributed by atoms with Gasteiger partial charge in [0, 0.05) is 11.6 Å². The molecule has 0 radical (unpaired) electrons. The Bertz CT molecular complexity index is 638. The number of nitrogens with two attached hydrogens (primary N) is 1. The predicted octanol–water partition coefficient (Wildman–Crippen LogP) is 0.887. The van der Waals surface area contributed by atoms with E-state index in [2.05, 4.69) is 15.3 Å². The van der Waals surface area contributed by atoms with Crippen molar-refractivity contribution in [1.82, 2.24) is 15.3 Å². The summed E-state index contributed by atoms with van der Waals surface area (Å²) in [6, 6.07) is 5.31. The van der Waals surface area contributed by atoms with Crippen LogP contribution < -0.4 is 11.1 Å². The van der Waals surface area contributed by atoms with Gasteiger partial charge in [-0.05, 0) is 32.0 Å². The van der Waals surface area contributed by atoms with E-state index in [4.69, 9.17) is 17.3 Å². The van der Waals surface area contributed by atoms with Crippen LogP contribution in [0.1, 0.15) is 19.7 Å². The van der Waals surface area contributed by atoms with Gasteiger partial charge in [-0.3, -0.25) is 4.79 Å². The summed E-state index contributed by atoms with van der Waals surface area (Å²) in [4.78, 5) is 19.3. The molecule has 1 aromatic heterocycles. The molecule has 20 heavy (non-hydrogen) atoms. The number of aromatic nitrogens is 2. The van der Waals surface area contributed by atoms with Crippen LogP contribution in [0.2, 0.25) is 5.02 Å². The highest BCUT2D eigenvalue weighted by atomic mass is 35.5. The molecule has 1 amide bonds. The number of nitrogens with zero attached hydrogens (tertiary/aromatic N) is 1. The lowest BCUT2D eigenvalue weighted by Gasteiger charge is -2.25. The fourth-order valence-corrected chi connectivity index (χ4v) is 2.01. The molecular weight excluding hydrogens is 280 g/mol. The molecule has 1 aromatic carbocycles. The van der Waals surface area contributed by atoms with Crippen LogP contribution in [0.15, 0.2) is 18.2 Å². The molecule has 0 aliphatic rings. The number of rotatable bonds is 4. The highest BCUT2D eigenvalue weighted by Crippen LogP contribution is 2.23. The van der Waals surface area contributed by atoms with Crippen LogP contribution in [0, 0.1) is 0 Å². The second-order valence-electron chi connectivity index (χ2n) is 5.11. The van der Waals surface area contributed by atoms with Gasteiger partial charge in [0.25, 0.3) is 5.91 Å². The third-order valence-electron chi connectivity index (χ3n) is 3.00. The Hall–Kier alpha value is -1.63. The number of fused-ring (bicyclic) bond motifs is 1. The minimum atomic E-state index is -1.23. The number of nitrogens with one attached hydrogen (secondary N) is 2. The van der Waals surface area contributed by atoms with Crippen LogP contribution in [0.4, 0.5) is 0 Å². The molecular formula is C13H17ClN4O2. The highest BCUT2D eigenvalue weighted by Gasteiger charge is 2.28. The summed E-state index contributed by atoms with van der Waals surface area (Å²) in [5.74, 6) is 0.0447. The Morgan fingerprint density at radius 2 is 2.30 bits per heavy atom. The molecule has 0 aliphatic heterocycles. The van der Waals surface area contributed by atoms with Crippen molar-refractivity contribution in [2.75, 3.05) is 6.54 Å². The average Bonchev–Trinajstić information content (AvgIpc) is 2.80. The van der Waals surface area contributed by atoms with E-state index in [0.29, 0.717) is 10.8 Å². The zero-order valence-corrected chi connectivity index (χ0v) is 12.0. The number of aliphatic hydroxyl groups excluding tert-OH is 1. The number of aliphatic hydroxyl groups is 1. The smallest absolute Gasteiger partial charge is 0.250 e. The highest BCUT2D eigenvalue weighted by molar-refractivity contribution is 6.31. The van der Waals surface area contributed by atoms with Gasteiger partial charge in [0.2, 0.25) is 0 Å². The summed E-state index contributed by atoms with van der Waals surface area (Å²) in [6.45, 7) is 3.44. The maximum atomic E-state index is 11.7. The number of hydrogen-bond acceptors (Lipinski definition) is 4. The first-order chi connectivity index (χ1) is 9.33. The van der Waals surface area contributed by atoms with E-state index in [1.807, 2.05) is 0 Å². The van der Waals surface area contributed by atoms with Gasteiger partial charge in [-0.2, -0.15) is 0 Å². The molecule has 6 nitrogen and oxygen atoms in total.